The maximum atomic E-state index is 12.4. The Morgan fingerprint density at radius 1 is 1.32 bits per heavy atom. The van der Waals surface area contributed by atoms with Crippen LogP contribution < -0.4 is 5.73 Å². The first-order valence-electron chi connectivity index (χ1n) is 5.23. The summed E-state index contributed by atoms with van der Waals surface area (Å²) in [5, 5.41) is 0.229. The Labute approximate surface area is 136 Å². The highest BCUT2D eigenvalue weighted by atomic mass is 79.9. The van der Waals surface area contributed by atoms with Crippen molar-refractivity contribution in [2.75, 3.05) is 13.1 Å². The van der Waals surface area contributed by atoms with Gasteiger partial charge in [0, 0.05) is 23.6 Å². The fraction of sp³-hybridized carbons (Fsp3) is 0.400. The fourth-order valence-electron chi connectivity index (χ4n) is 1.82. The zero-order chi connectivity index (χ0) is 13.5. The van der Waals surface area contributed by atoms with Gasteiger partial charge in [0.15, 0.2) is 0 Å². The van der Waals surface area contributed by atoms with Crippen LogP contribution in [-0.4, -0.2) is 31.9 Å². The zero-order valence-corrected chi connectivity index (χ0v) is 14.4. The Morgan fingerprint density at radius 2 is 1.95 bits per heavy atom. The number of nitrogens with zero attached hydrogens (tertiary/aromatic N) is 1. The van der Waals surface area contributed by atoms with Gasteiger partial charge in [0.2, 0.25) is 10.0 Å². The molecule has 1 heterocycles. The molecule has 9 heteroatoms. The lowest BCUT2D eigenvalue weighted by atomic mass is 10.3. The summed E-state index contributed by atoms with van der Waals surface area (Å²) < 4.78 is 26.7. The van der Waals surface area contributed by atoms with Crippen LogP contribution in [0.15, 0.2) is 21.5 Å². The molecule has 1 fully saturated rings. The molecule has 2 N–H and O–H groups in total. The molecule has 0 spiro atoms. The van der Waals surface area contributed by atoms with Gasteiger partial charge in [-0.1, -0.05) is 23.2 Å². The molecule has 0 bridgehead atoms. The van der Waals surface area contributed by atoms with Crippen LogP contribution in [0.5, 0.6) is 0 Å². The third kappa shape index (κ3) is 3.37. The van der Waals surface area contributed by atoms with E-state index in [1.807, 2.05) is 0 Å². The first-order valence-corrected chi connectivity index (χ1v) is 8.22. The minimum absolute atomic E-state index is 0. The molecule has 1 saturated heterocycles. The molecule has 0 amide bonds. The van der Waals surface area contributed by atoms with Gasteiger partial charge in [-0.15, -0.1) is 12.4 Å². The summed E-state index contributed by atoms with van der Waals surface area (Å²) in [5.74, 6) is 0. The maximum absolute atomic E-state index is 12.4. The highest BCUT2D eigenvalue weighted by Crippen LogP contribution is 2.36. The van der Waals surface area contributed by atoms with Gasteiger partial charge in [0.05, 0.1) is 10.0 Å². The van der Waals surface area contributed by atoms with Crippen molar-refractivity contribution in [2.45, 2.75) is 17.4 Å². The molecule has 19 heavy (non-hydrogen) atoms. The number of halogens is 4. The lowest BCUT2D eigenvalue weighted by Crippen LogP contribution is -2.32. The third-order valence-electron chi connectivity index (χ3n) is 2.81. The third-order valence-corrected chi connectivity index (χ3v) is 6.60. The highest BCUT2D eigenvalue weighted by Gasteiger charge is 2.33. The van der Waals surface area contributed by atoms with Crippen molar-refractivity contribution in [1.82, 2.24) is 4.31 Å². The van der Waals surface area contributed by atoms with E-state index in [1.54, 1.807) is 6.07 Å². The Morgan fingerprint density at radius 3 is 2.47 bits per heavy atom. The minimum atomic E-state index is -3.63. The van der Waals surface area contributed by atoms with Gasteiger partial charge in [-0.25, -0.2) is 8.42 Å². The summed E-state index contributed by atoms with van der Waals surface area (Å²) in [6, 6.07) is 2.89. The Bertz CT molecular complexity index is 582. The molecule has 0 radical (unpaired) electrons. The number of benzene rings is 1. The molecular formula is C10H12BrCl3N2O2S. The molecule has 0 unspecified atom stereocenters. The van der Waals surface area contributed by atoms with Gasteiger partial charge < -0.3 is 5.73 Å². The summed E-state index contributed by atoms with van der Waals surface area (Å²) in [5.41, 5.74) is 5.72. The monoisotopic (exact) mass is 408 g/mol. The molecule has 0 saturated carbocycles. The van der Waals surface area contributed by atoms with E-state index >= 15 is 0 Å². The van der Waals surface area contributed by atoms with E-state index < -0.39 is 10.0 Å². The van der Waals surface area contributed by atoms with E-state index in [0.29, 0.717) is 24.0 Å². The largest absolute Gasteiger partial charge is 0.326 e. The second-order valence-corrected chi connectivity index (χ2v) is 7.60. The van der Waals surface area contributed by atoms with Crippen molar-refractivity contribution in [2.24, 2.45) is 5.73 Å². The molecule has 108 valence electrons. The topological polar surface area (TPSA) is 63.4 Å². The molecule has 1 aromatic rings. The summed E-state index contributed by atoms with van der Waals surface area (Å²) in [4.78, 5) is 0.0199. The van der Waals surface area contributed by atoms with Crippen LogP contribution in [-0.2, 0) is 10.0 Å². The van der Waals surface area contributed by atoms with Crippen molar-refractivity contribution in [1.29, 1.82) is 0 Å². The second kappa shape index (κ2) is 6.47. The van der Waals surface area contributed by atoms with Gasteiger partial charge in [-0.05, 0) is 34.5 Å². The molecule has 0 aliphatic carbocycles. The van der Waals surface area contributed by atoms with Crippen LogP contribution in [0.2, 0.25) is 10.0 Å². The average molecular weight is 411 g/mol. The minimum Gasteiger partial charge on any atom is -0.326 e. The highest BCUT2D eigenvalue weighted by molar-refractivity contribution is 9.10. The van der Waals surface area contributed by atoms with E-state index in [2.05, 4.69) is 15.9 Å². The second-order valence-electron chi connectivity index (χ2n) is 4.09. The van der Waals surface area contributed by atoms with Gasteiger partial charge in [0.25, 0.3) is 0 Å². The Kier molecular flexibility index (Phi) is 5.96. The van der Waals surface area contributed by atoms with Gasteiger partial charge in [0.1, 0.15) is 4.90 Å². The average Bonchev–Trinajstić information content (AvgIpc) is 2.73. The summed E-state index contributed by atoms with van der Waals surface area (Å²) in [7, 11) is -3.63. The smallest absolute Gasteiger partial charge is 0.244 e. The predicted molar refractivity (Wildman–Crippen MR) is 82.8 cm³/mol. The Hall–Kier alpha value is 0.440. The summed E-state index contributed by atoms with van der Waals surface area (Å²) in [6.07, 6.45) is 0.654. The van der Waals surface area contributed by atoms with Gasteiger partial charge in [-0.2, -0.15) is 4.31 Å². The summed E-state index contributed by atoms with van der Waals surface area (Å²) >= 11 is 15.1. The van der Waals surface area contributed by atoms with Crippen molar-refractivity contribution in [3.05, 3.63) is 26.7 Å². The van der Waals surface area contributed by atoms with Gasteiger partial charge >= 0.3 is 0 Å². The lowest BCUT2D eigenvalue weighted by Gasteiger charge is -2.17. The standard InChI is InChI=1S/C10H11BrCl2N2O2S.ClH/c11-7-1-2-8(10(13)9(7)12)18(16,17)15-4-3-6(14)5-15;/h1-2,6H,3-5,14H2;1H/t6-;/m1./s1. The summed E-state index contributed by atoms with van der Waals surface area (Å²) in [6.45, 7) is 0.722. The maximum Gasteiger partial charge on any atom is 0.244 e. The molecule has 0 aromatic heterocycles. The molecular weight excluding hydrogens is 398 g/mol. The van der Waals surface area contributed by atoms with Crippen molar-refractivity contribution in [3.63, 3.8) is 0 Å². The van der Waals surface area contributed by atoms with Crippen LogP contribution in [0, 0.1) is 0 Å². The van der Waals surface area contributed by atoms with Crippen molar-refractivity contribution in [3.8, 4) is 0 Å². The molecule has 1 atom stereocenters. The number of hydrogen-bond donors (Lipinski definition) is 1. The molecule has 2 rings (SSSR count). The van der Waals surface area contributed by atoms with E-state index in [1.165, 1.54) is 10.4 Å². The molecule has 1 aliphatic heterocycles. The van der Waals surface area contributed by atoms with Crippen molar-refractivity contribution >= 4 is 61.6 Å². The quantitative estimate of drug-likeness (QED) is 0.763. The lowest BCUT2D eigenvalue weighted by molar-refractivity contribution is 0.472. The van der Waals surface area contributed by atoms with E-state index in [4.69, 9.17) is 28.9 Å². The first-order chi connectivity index (χ1) is 8.34. The molecule has 1 aromatic carbocycles. The van der Waals surface area contributed by atoms with E-state index in [-0.39, 0.29) is 33.4 Å². The normalized spacial score (nSPS) is 20.3. The van der Waals surface area contributed by atoms with E-state index in [0.717, 1.165) is 0 Å². The van der Waals surface area contributed by atoms with Crippen molar-refractivity contribution < 1.29 is 8.42 Å². The number of rotatable bonds is 2. The predicted octanol–water partition coefficient (Wildman–Crippen LogP) is 2.90. The fourth-order valence-corrected chi connectivity index (χ4v) is 4.52. The number of sulfonamides is 1. The zero-order valence-electron chi connectivity index (χ0n) is 9.64. The number of nitrogens with two attached hydrogens (primary N) is 1. The Balaban J connectivity index is 0.00000180. The number of hydrogen-bond acceptors (Lipinski definition) is 3. The van der Waals surface area contributed by atoms with E-state index in [9.17, 15) is 8.42 Å². The van der Waals surface area contributed by atoms with Crippen LogP contribution in [0.3, 0.4) is 0 Å². The molecule has 4 nitrogen and oxygen atoms in total. The molecule has 1 aliphatic rings. The van der Waals surface area contributed by atoms with Gasteiger partial charge in [-0.3, -0.25) is 0 Å². The van der Waals surface area contributed by atoms with Crippen LogP contribution in [0.4, 0.5) is 0 Å². The first kappa shape index (κ1) is 17.5. The van der Waals surface area contributed by atoms with Crippen LogP contribution >= 0.6 is 51.5 Å². The van der Waals surface area contributed by atoms with Crippen LogP contribution in [0.25, 0.3) is 0 Å². The SMILES string of the molecule is Cl.N[C@@H]1CCN(S(=O)(=O)c2ccc(Br)c(Cl)c2Cl)C1. The van der Waals surface area contributed by atoms with Crippen LogP contribution in [0.1, 0.15) is 6.42 Å².